The maximum atomic E-state index is 12.0. The summed E-state index contributed by atoms with van der Waals surface area (Å²) in [4.78, 5) is 24.5. The third-order valence-corrected chi connectivity index (χ3v) is 3.07. The van der Waals surface area contributed by atoms with Crippen LogP contribution >= 0.6 is 11.6 Å². The molecule has 6 nitrogen and oxygen atoms in total. The second kappa shape index (κ2) is 6.58. The van der Waals surface area contributed by atoms with Gasteiger partial charge in [-0.25, -0.2) is 4.79 Å². The fraction of sp³-hybridized carbons (Fsp3) is 0.385. The predicted molar refractivity (Wildman–Crippen MR) is 70.0 cm³/mol. The van der Waals surface area contributed by atoms with Gasteiger partial charge in [0.25, 0.3) is 0 Å². The van der Waals surface area contributed by atoms with Crippen molar-refractivity contribution in [3.05, 3.63) is 35.9 Å². The molecule has 0 aliphatic carbocycles. The first-order chi connectivity index (χ1) is 9.67. The van der Waals surface area contributed by atoms with Crippen molar-refractivity contribution in [3.8, 4) is 0 Å². The van der Waals surface area contributed by atoms with Crippen LogP contribution in [0.1, 0.15) is 11.8 Å². The van der Waals surface area contributed by atoms with E-state index < -0.39 is 18.6 Å². The van der Waals surface area contributed by atoms with E-state index in [4.69, 9.17) is 21.1 Å². The Labute approximate surface area is 121 Å². The van der Waals surface area contributed by atoms with E-state index in [2.05, 4.69) is 4.74 Å². The number of halogens is 1. The van der Waals surface area contributed by atoms with Crippen LogP contribution in [-0.4, -0.2) is 42.8 Å². The van der Waals surface area contributed by atoms with Gasteiger partial charge in [0.2, 0.25) is 12.1 Å². The smallest absolute Gasteiger partial charge is 0.438 e. The number of rotatable bonds is 3. The molecule has 108 valence electrons. The molecule has 1 aliphatic rings. The number of ether oxygens (including phenoxy) is 3. The Morgan fingerprint density at radius 3 is 2.70 bits per heavy atom. The van der Waals surface area contributed by atoms with Gasteiger partial charge in [0.1, 0.15) is 12.5 Å². The van der Waals surface area contributed by atoms with Gasteiger partial charge < -0.3 is 14.2 Å². The van der Waals surface area contributed by atoms with Crippen LogP contribution in [0.2, 0.25) is 0 Å². The van der Waals surface area contributed by atoms with E-state index >= 15 is 0 Å². The molecule has 1 aromatic rings. The van der Waals surface area contributed by atoms with Crippen LogP contribution in [0.5, 0.6) is 0 Å². The molecule has 0 N–H and O–H groups in total. The lowest BCUT2D eigenvalue weighted by atomic mass is 10.2. The minimum atomic E-state index is -0.875. The highest BCUT2D eigenvalue weighted by Gasteiger charge is 2.40. The van der Waals surface area contributed by atoms with Gasteiger partial charge >= 0.3 is 6.16 Å². The SMILES string of the molecule is COC(=O)OC1COC(c2ccccc2)N1C(=O)CCl. The molecule has 20 heavy (non-hydrogen) atoms. The van der Waals surface area contributed by atoms with Crippen molar-refractivity contribution < 1.29 is 23.8 Å². The zero-order chi connectivity index (χ0) is 14.5. The zero-order valence-electron chi connectivity index (χ0n) is 10.8. The minimum absolute atomic E-state index is 0.0668. The van der Waals surface area contributed by atoms with Crippen molar-refractivity contribution in [1.29, 1.82) is 0 Å². The molecular weight excluding hydrogens is 286 g/mol. The maximum Gasteiger partial charge on any atom is 0.510 e. The number of amides is 1. The van der Waals surface area contributed by atoms with Crippen LogP contribution in [0, 0.1) is 0 Å². The summed E-state index contributed by atoms with van der Waals surface area (Å²) >= 11 is 5.60. The number of methoxy groups -OCH3 is 1. The van der Waals surface area contributed by atoms with E-state index in [0.717, 1.165) is 5.56 Å². The molecule has 0 aromatic heterocycles. The van der Waals surface area contributed by atoms with Gasteiger partial charge in [-0.3, -0.25) is 9.69 Å². The van der Waals surface area contributed by atoms with Crippen molar-refractivity contribution in [2.45, 2.75) is 12.5 Å². The lowest BCUT2D eigenvalue weighted by Crippen LogP contribution is -2.41. The summed E-state index contributed by atoms with van der Waals surface area (Å²) in [6.45, 7) is 0.0668. The largest absolute Gasteiger partial charge is 0.510 e. The fourth-order valence-corrected chi connectivity index (χ4v) is 2.11. The van der Waals surface area contributed by atoms with Crippen molar-refractivity contribution >= 4 is 23.7 Å². The third kappa shape index (κ3) is 3.02. The first-order valence-electron chi connectivity index (χ1n) is 5.95. The zero-order valence-corrected chi connectivity index (χ0v) is 11.6. The molecule has 1 heterocycles. The standard InChI is InChI=1S/C13H14ClNO5/c1-18-13(17)20-11-8-19-12(15(11)10(16)7-14)9-5-3-2-4-6-9/h2-6,11-12H,7-8H2,1H3. The van der Waals surface area contributed by atoms with Crippen molar-refractivity contribution in [3.63, 3.8) is 0 Å². The van der Waals surface area contributed by atoms with Crippen molar-refractivity contribution in [1.82, 2.24) is 4.90 Å². The Hall–Kier alpha value is -1.79. The highest BCUT2D eigenvalue weighted by Crippen LogP contribution is 2.31. The molecule has 2 rings (SSSR count). The summed E-state index contributed by atoms with van der Waals surface area (Å²) in [6.07, 6.45) is -2.35. The molecular formula is C13H14ClNO5. The van der Waals surface area contributed by atoms with Crippen LogP contribution in [-0.2, 0) is 19.0 Å². The van der Waals surface area contributed by atoms with Gasteiger partial charge in [0, 0.05) is 5.56 Å². The summed E-state index contributed by atoms with van der Waals surface area (Å²) in [5, 5.41) is 0. The Morgan fingerprint density at radius 1 is 1.40 bits per heavy atom. The lowest BCUT2D eigenvalue weighted by Gasteiger charge is -2.26. The molecule has 7 heteroatoms. The first-order valence-corrected chi connectivity index (χ1v) is 6.49. The van der Waals surface area contributed by atoms with Crippen LogP contribution < -0.4 is 0 Å². The van der Waals surface area contributed by atoms with Gasteiger partial charge in [-0.1, -0.05) is 30.3 Å². The molecule has 2 atom stereocenters. The summed E-state index contributed by atoms with van der Waals surface area (Å²) in [7, 11) is 1.19. The third-order valence-electron chi connectivity index (χ3n) is 2.85. The molecule has 1 amide bonds. The number of carbonyl (C=O) groups excluding carboxylic acids is 2. The van der Waals surface area contributed by atoms with Crippen LogP contribution in [0.4, 0.5) is 4.79 Å². The Morgan fingerprint density at radius 2 is 2.10 bits per heavy atom. The summed E-state index contributed by atoms with van der Waals surface area (Å²) < 4.78 is 15.0. The maximum absolute atomic E-state index is 12.0. The normalized spacial score (nSPS) is 21.6. The topological polar surface area (TPSA) is 65.1 Å². The number of hydrogen-bond acceptors (Lipinski definition) is 5. The Balaban J connectivity index is 2.21. The molecule has 0 spiro atoms. The lowest BCUT2D eigenvalue weighted by molar-refractivity contribution is -0.142. The number of carbonyl (C=O) groups is 2. The van der Waals surface area contributed by atoms with Gasteiger partial charge in [0.15, 0.2) is 6.23 Å². The average molecular weight is 300 g/mol. The number of alkyl halides is 1. The molecule has 0 saturated carbocycles. The molecule has 2 unspecified atom stereocenters. The first kappa shape index (κ1) is 14.6. The van der Waals surface area contributed by atoms with Crippen LogP contribution in [0.3, 0.4) is 0 Å². The van der Waals surface area contributed by atoms with E-state index in [1.54, 1.807) is 0 Å². The molecule has 1 fully saturated rings. The van der Waals surface area contributed by atoms with E-state index in [1.165, 1.54) is 12.0 Å². The van der Waals surface area contributed by atoms with Gasteiger partial charge in [-0.15, -0.1) is 11.6 Å². The summed E-state index contributed by atoms with van der Waals surface area (Å²) in [5.74, 6) is -0.611. The van der Waals surface area contributed by atoms with E-state index in [1.807, 2.05) is 30.3 Å². The highest BCUT2D eigenvalue weighted by molar-refractivity contribution is 6.27. The molecule has 0 radical (unpaired) electrons. The average Bonchev–Trinajstić information content (AvgIpc) is 2.90. The molecule has 0 bridgehead atoms. The minimum Gasteiger partial charge on any atom is -0.438 e. The predicted octanol–water partition coefficient (Wildman–Crippen LogP) is 1.89. The number of benzene rings is 1. The van der Waals surface area contributed by atoms with E-state index in [0.29, 0.717) is 0 Å². The van der Waals surface area contributed by atoms with E-state index in [9.17, 15) is 9.59 Å². The highest BCUT2D eigenvalue weighted by atomic mass is 35.5. The van der Waals surface area contributed by atoms with Gasteiger partial charge in [0.05, 0.1) is 7.11 Å². The number of hydrogen-bond donors (Lipinski definition) is 0. The second-order valence-electron chi connectivity index (χ2n) is 4.06. The van der Waals surface area contributed by atoms with Crippen LogP contribution in [0.15, 0.2) is 30.3 Å². The number of nitrogens with zero attached hydrogens (tertiary/aromatic N) is 1. The summed E-state index contributed by atoms with van der Waals surface area (Å²) in [5.41, 5.74) is 0.780. The molecule has 1 aliphatic heterocycles. The monoisotopic (exact) mass is 299 g/mol. The van der Waals surface area contributed by atoms with Crippen molar-refractivity contribution in [2.75, 3.05) is 19.6 Å². The molecule has 1 aromatic carbocycles. The Bertz CT molecular complexity index is 481. The van der Waals surface area contributed by atoms with Crippen LogP contribution in [0.25, 0.3) is 0 Å². The van der Waals surface area contributed by atoms with Gasteiger partial charge in [-0.05, 0) is 0 Å². The second-order valence-corrected chi connectivity index (χ2v) is 4.32. The fourth-order valence-electron chi connectivity index (χ4n) is 1.97. The quantitative estimate of drug-likeness (QED) is 0.630. The van der Waals surface area contributed by atoms with Crippen molar-refractivity contribution in [2.24, 2.45) is 0 Å². The van der Waals surface area contributed by atoms with Gasteiger partial charge in [-0.2, -0.15) is 0 Å². The summed E-state index contributed by atoms with van der Waals surface area (Å²) in [6, 6.07) is 9.15. The molecule has 1 saturated heterocycles. The van der Waals surface area contributed by atoms with E-state index in [-0.39, 0.29) is 18.4 Å². The Kier molecular flexibility index (Phi) is 4.81.